The predicted molar refractivity (Wildman–Crippen MR) is 76.3 cm³/mol. The molecule has 0 radical (unpaired) electrons. The minimum atomic E-state index is -0.0844. The molecular formula is C14H9BrClNO2. The van der Waals surface area contributed by atoms with E-state index in [9.17, 15) is 5.11 Å². The molecule has 0 saturated carbocycles. The van der Waals surface area contributed by atoms with Crippen molar-refractivity contribution in [1.29, 1.82) is 5.26 Å². The van der Waals surface area contributed by atoms with E-state index in [1.54, 1.807) is 36.4 Å². The van der Waals surface area contributed by atoms with Gasteiger partial charge in [-0.1, -0.05) is 27.5 Å². The molecule has 19 heavy (non-hydrogen) atoms. The van der Waals surface area contributed by atoms with E-state index in [-0.39, 0.29) is 6.61 Å². The molecule has 0 heterocycles. The fourth-order valence-electron chi connectivity index (χ4n) is 1.52. The lowest BCUT2D eigenvalue weighted by molar-refractivity contribution is 0.280. The normalized spacial score (nSPS) is 10.0. The van der Waals surface area contributed by atoms with Crippen molar-refractivity contribution in [3.8, 4) is 17.6 Å². The second kappa shape index (κ2) is 6.07. The van der Waals surface area contributed by atoms with Gasteiger partial charge < -0.3 is 9.84 Å². The third kappa shape index (κ3) is 3.27. The summed E-state index contributed by atoms with van der Waals surface area (Å²) >= 11 is 9.36. The molecule has 0 aliphatic heterocycles. The first kappa shape index (κ1) is 13.9. The van der Waals surface area contributed by atoms with Crippen LogP contribution in [0.15, 0.2) is 40.9 Å². The van der Waals surface area contributed by atoms with Crippen molar-refractivity contribution in [3.05, 3.63) is 57.0 Å². The molecule has 0 atom stereocenters. The Kier molecular flexibility index (Phi) is 4.43. The summed E-state index contributed by atoms with van der Waals surface area (Å²) in [7, 11) is 0. The van der Waals surface area contributed by atoms with E-state index in [2.05, 4.69) is 15.9 Å². The summed E-state index contributed by atoms with van der Waals surface area (Å²) in [6.45, 7) is -0.0844. The second-order valence-electron chi connectivity index (χ2n) is 3.77. The molecule has 0 unspecified atom stereocenters. The quantitative estimate of drug-likeness (QED) is 0.910. The average Bonchev–Trinajstić information content (AvgIpc) is 2.43. The van der Waals surface area contributed by atoms with E-state index < -0.39 is 0 Å². The number of rotatable bonds is 3. The van der Waals surface area contributed by atoms with Crippen LogP contribution in [0.2, 0.25) is 5.02 Å². The first-order valence-corrected chi connectivity index (χ1v) is 6.58. The third-order valence-electron chi connectivity index (χ3n) is 2.48. The van der Waals surface area contributed by atoms with Gasteiger partial charge >= 0.3 is 0 Å². The second-order valence-corrected chi connectivity index (χ2v) is 5.03. The largest absolute Gasteiger partial charge is 0.456 e. The molecule has 0 aliphatic carbocycles. The lowest BCUT2D eigenvalue weighted by atomic mass is 10.2. The maximum absolute atomic E-state index is 9.18. The highest BCUT2D eigenvalue weighted by Gasteiger charge is 2.06. The first-order valence-electron chi connectivity index (χ1n) is 5.41. The molecule has 2 rings (SSSR count). The van der Waals surface area contributed by atoms with Crippen LogP contribution in [-0.4, -0.2) is 5.11 Å². The van der Waals surface area contributed by atoms with Gasteiger partial charge in [0.25, 0.3) is 0 Å². The predicted octanol–water partition coefficient (Wildman–Crippen LogP) is 4.26. The summed E-state index contributed by atoms with van der Waals surface area (Å²) in [5, 5.41) is 18.3. The van der Waals surface area contributed by atoms with Crippen LogP contribution in [0.1, 0.15) is 11.1 Å². The fourth-order valence-corrected chi connectivity index (χ4v) is 2.11. The molecule has 3 nitrogen and oxygen atoms in total. The summed E-state index contributed by atoms with van der Waals surface area (Å²) in [6.07, 6.45) is 0. The van der Waals surface area contributed by atoms with Gasteiger partial charge in [-0.15, -0.1) is 0 Å². The zero-order chi connectivity index (χ0) is 13.8. The van der Waals surface area contributed by atoms with Gasteiger partial charge in [0, 0.05) is 4.47 Å². The Morgan fingerprint density at radius 2 is 2.05 bits per heavy atom. The summed E-state index contributed by atoms with van der Waals surface area (Å²) in [4.78, 5) is 0. The van der Waals surface area contributed by atoms with E-state index in [1.807, 2.05) is 6.07 Å². The van der Waals surface area contributed by atoms with Gasteiger partial charge in [0.05, 0.1) is 23.3 Å². The van der Waals surface area contributed by atoms with Gasteiger partial charge in [-0.2, -0.15) is 5.26 Å². The van der Waals surface area contributed by atoms with Gasteiger partial charge in [-0.25, -0.2) is 0 Å². The number of ether oxygens (including phenoxy) is 1. The summed E-state index contributed by atoms with van der Waals surface area (Å²) < 4.78 is 6.45. The molecule has 2 aromatic rings. The van der Waals surface area contributed by atoms with Crippen molar-refractivity contribution in [2.75, 3.05) is 0 Å². The Morgan fingerprint density at radius 1 is 1.26 bits per heavy atom. The van der Waals surface area contributed by atoms with E-state index >= 15 is 0 Å². The lowest BCUT2D eigenvalue weighted by Crippen LogP contribution is -1.90. The molecule has 0 saturated heterocycles. The highest BCUT2D eigenvalue weighted by Crippen LogP contribution is 2.31. The van der Waals surface area contributed by atoms with Crippen LogP contribution in [0.25, 0.3) is 0 Å². The van der Waals surface area contributed by atoms with E-state index in [4.69, 9.17) is 21.6 Å². The van der Waals surface area contributed by atoms with Gasteiger partial charge in [-0.05, 0) is 42.0 Å². The highest BCUT2D eigenvalue weighted by molar-refractivity contribution is 9.10. The standard InChI is InChI=1S/C14H9BrClNO2/c15-12-3-2-11(6-10(12)8-18)19-14-4-1-9(7-17)5-13(14)16/h1-6,18H,8H2. The van der Waals surface area contributed by atoms with Crippen LogP contribution in [0.3, 0.4) is 0 Å². The Labute approximate surface area is 124 Å². The van der Waals surface area contributed by atoms with Crippen molar-refractivity contribution in [3.63, 3.8) is 0 Å². The molecule has 96 valence electrons. The van der Waals surface area contributed by atoms with Crippen LogP contribution < -0.4 is 4.74 Å². The maximum Gasteiger partial charge on any atom is 0.146 e. The van der Waals surface area contributed by atoms with Crippen molar-refractivity contribution in [2.45, 2.75) is 6.61 Å². The van der Waals surface area contributed by atoms with Gasteiger partial charge in [0.15, 0.2) is 0 Å². The number of hydrogen-bond donors (Lipinski definition) is 1. The van der Waals surface area contributed by atoms with Crippen LogP contribution in [-0.2, 0) is 6.61 Å². The molecule has 0 amide bonds. The zero-order valence-corrected chi connectivity index (χ0v) is 12.1. The van der Waals surface area contributed by atoms with Crippen LogP contribution in [0, 0.1) is 11.3 Å². The zero-order valence-electron chi connectivity index (χ0n) is 9.73. The molecule has 0 spiro atoms. The summed E-state index contributed by atoms with van der Waals surface area (Å²) in [5.74, 6) is 1.03. The number of hydrogen-bond acceptors (Lipinski definition) is 3. The minimum absolute atomic E-state index is 0.0844. The van der Waals surface area contributed by atoms with Gasteiger partial charge in [-0.3, -0.25) is 0 Å². The van der Waals surface area contributed by atoms with Crippen LogP contribution in [0.4, 0.5) is 0 Å². The topological polar surface area (TPSA) is 53.2 Å². The van der Waals surface area contributed by atoms with Crippen LogP contribution >= 0.6 is 27.5 Å². The highest BCUT2D eigenvalue weighted by atomic mass is 79.9. The Hall–Kier alpha value is -1.54. The molecule has 0 aromatic heterocycles. The monoisotopic (exact) mass is 337 g/mol. The summed E-state index contributed by atoms with van der Waals surface area (Å²) in [6, 6.07) is 12.1. The number of nitriles is 1. The number of aliphatic hydroxyl groups excluding tert-OH is 1. The molecular weight excluding hydrogens is 330 g/mol. The van der Waals surface area contributed by atoms with Crippen molar-refractivity contribution in [2.24, 2.45) is 0 Å². The van der Waals surface area contributed by atoms with Gasteiger partial charge in [0.1, 0.15) is 11.5 Å². The average molecular weight is 339 g/mol. The van der Waals surface area contributed by atoms with Crippen molar-refractivity contribution >= 4 is 27.5 Å². The SMILES string of the molecule is N#Cc1ccc(Oc2ccc(Br)c(CO)c2)c(Cl)c1. The Bertz CT molecular complexity index is 652. The Balaban J connectivity index is 2.29. The van der Waals surface area contributed by atoms with Crippen molar-refractivity contribution < 1.29 is 9.84 Å². The number of nitrogens with zero attached hydrogens (tertiary/aromatic N) is 1. The van der Waals surface area contributed by atoms with E-state index in [1.165, 1.54) is 0 Å². The van der Waals surface area contributed by atoms with E-state index in [0.717, 1.165) is 10.0 Å². The smallest absolute Gasteiger partial charge is 0.146 e. The molecule has 2 aromatic carbocycles. The molecule has 1 N–H and O–H groups in total. The number of halogens is 2. The fraction of sp³-hybridized carbons (Fsp3) is 0.0714. The Morgan fingerprint density at radius 3 is 2.68 bits per heavy atom. The number of aliphatic hydroxyl groups is 1. The molecule has 0 bridgehead atoms. The minimum Gasteiger partial charge on any atom is -0.456 e. The van der Waals surface area contributed by atoms with Gasteiger partial charge in [0.2, 0.25) is 0 Å². The third-order valence-corrected chi connectivity index (χ3v) is 3.55. The van der Waals surface area contributed by atoms with E-state index in [0.29, 0.717) is 22.1 Å². The molecule has 0 fully saturated rings. The summed E-state index contributed by atoms with van der Waals surface area (Å²) in [5.41, 5.74) is 1.20. The van der Waals surface area contributed by atoms with Crippen LogP contribution in [0.5, 0.6) is 11.5 Å². The molecule has 5 heteroatoms. The lowest BCUT2D eigenvalue weighted by Gasteiger charge is -2.09. The van der Waals surface area contributed by atoms with Crippen molar-refractivity contribution in [1.82, 2.24) is 0 Å². The maximum atomic E-state index is 9.18. The number of benzene rings is 2. The first-order chi connectivity index (χ1) is 9.13. The molecule has 0 aliphatic rings.